The summed E-state index contributed by atoms with van der Waals surface area (Å²) in [6.07, 6.45) is 5.27. The molecule has 0 spiro atoms. The number of hydrogen-bond donors (Lipinski definition) is 2. The Labute approximate surface area is 118 Å². The van der Waals surface area contributed by atoms with Gasteiger partial charge in [-0.15, -0.1) is 0 Å². The average molecular weight is 262 g/mol. The fraction of sp³-hybridized carbons (Fsp3) is 0.647. The van der Waals surface area contributed by atoms with Gasteiger partial charge in [0.2, 0.25) is 0 Å². The van der Waals surface area contributed by atoms with E-state index in [4.69, 9.17) is 5.73 Å². The molecule has 0 fully saturated rings. The zero-order chi connectivity index (χ0) is 14.3. The smallest absolute Gasteiger partial charge is 0.0346 e. The molecule has 0 aliphatic heterocycles. The predicted molar refractivity (Wildman–Crippen MR) is 85.2 cm³/mol. The first-order valence-electron chi connectivity index (χ1n) is 7.51. The summed E-state index contributed by atoms with van der Waals surface area (Å²) < 4.78 is 0. The monoisotopic (exact) mass is 262 g/mol. The van der Waals surface area contributed by atoms with Crippen molar-refractivity contribution >= 4 is 5.69 Å². The molecular formula is C17H30N2. The zero-order valence-electron chi connectivity index (χ0n) is 13.1. The number of benzene rings is 1. The van der Waals surface area contributed by atoms with Crippen LogP contribution in [-0.2, 0) is 6.54 Å². The van der Waals surface area contributed by atoms with Crippen molar-refractivity contribution in [3.05, 3.63) is 29.3 Å². The standard InChI is InChI=1S/C17H30N2/c1-5-6-7-11-17(3,4)13-19-12-15-9-8-10-16(18)14(15)2/h8-10,19H,5-7,11-13,18H2,1-4H3. The molecule has 0 heterocycles. The summed E-state index contributed by atoms with van der Waals surface area (Å²) in [5, 5.41) is 3.58. The van der Waals surface area contributed by atoms with Crippen LogP contribution < -0.4 is 11.1 Å². The van der Waals surface area contributed by atoms with Gasteiger partial charge in [-0.05, 0) is 36.0 Å². The van der Waals surface area contributed by atoms with Crippen LogP contribution in [0.1, 0.15) is 57.6 Å². The van der Waals surface area contributed by atoms with Crippen molar-refractivity contribution in [2.75, 3.05) is 12.3 Å². The van der Waals surface area contributed by atoms with Crippen molar-refractivity contribution in [3.8, 4) is 0 Å². The Kier molecular flexibility index (Phi) is 6.36. The van der Waals surface area contributed by atoms with Crippen LogP contribution in [0.4, 0.5) is 5.69 Å². The van der Waals surface area contributed by atoms with E-state index in [0.29, 0.717) is 5.41 Å². The SMILES string of the molecule is CCCCCC(C)(C)CNCc1cccc(N)c1C. The molecule has 0 atom stereocenters. The highest BCUT2D eigenvalue weighted by molar-refractivity contribution is 5.49. The van der Waals surface area contributed by atoms with Crippen LogP contribution in [0.5, 0.6) is 0 Å². The van der Waals surface area contributed by atoms with Crippen molar-refractivity contribution in [2.45, 2.75) is 59.9 Å². The van der Waals surface area contributed by atoms with E-state index in [1.165, 1.54) is 36.8 Å². The minimum absolute atomic E-state index is 0.378. The molecule has 0 aromatic heterocycles. The fourth-order valence-corrected chi connectivity index (χ4v) is 2.37. The van der Waals surface area contributed by atoms with Gasteiger partial charge in [0.25, 0.3) is 0 Å². The molecule has 108 valence electrons. The second-order valence-corrected chi connectivity index (χ2v) is 6.36. The molecule has 0 aliphatic rings. The number of unbranched alkanes of at least 4 members (excludes halogenated alkanes) is 2. The van der Waals surface area contributed by atoms with E-state index in [0.717, 1.165) is 18.8 Å². The third-order valence-electron chi connectivity index (χ3n) is 3.86. The lowest BCUT2D eigenvalue weighted by molar-refractivity contribution is 0.302. The highest BCUT2D eigenvalue weighted by atomic mass is 14.9. The molecule has 0 saturated carbocycles. The third-order valence-corrected chi connectivity index (χ3v) is 3.86. The first-order valence-corrected chi connectivity index (χ1v) is 7.51. The number of rotatable bonds is 8. The molecule has 1 aromatic rings. The molecule has 0 unspecified atom stereocenters. The normalized spacial score (nSPS) is 11.8. The summed E-state index contributed by atoms with van der Waals surface area (Å²) in [6, 6.07) is 6.15. The second-order valence-electron chi connectivity index (χ2n) is 6.36. The van der Waals surface area contributed by atoms with E-state index in [1.54, 1.807) is 0 Å². The van der Waals surface area contributed by atoms with Gasteiger partial charge in [0, 0.05) is 18.8 Å². The molecule has 0 amide bonds. The number of anilines is 1. The maximum atomic E-state index is 5.93. The van der Waals surface area contributed by atoms with Gasteiger partial charge in [-0.25, -0.2) is 0 Å². The summed E-state index contributed by atoms with van der Waals surface area (Å²) >= 11 is 0. The van der Waals surface area contributed by atoms with Crippen LogP contribution in [-0.4, -0.2) is 6.54 Å². The van der Waals surface area contributed by atoms with Gasteiger partial charge in [0.15, 0.2) is 0 Å². The van der Waals surface area contributed by atoms with Gasteiger partial charge >= 0.3 is 0 Å². The van der Waals surface area contributed by atoms with E-state index >= 15 is 0 Å². The quantitative estimate of drug-likeness (QED) is 0.542. The Balaban J connectivity index is 2.38. The largest absolute Gasteiger partial charge is 0.399 e. The highest BCUT2D eigenvalue weighted by Gasteiger charge is 2.16. The van der Waals surface area contributed by atoms with Crippen LogP contribution >= 0.6 is 0 Å². The number of nitrogen functional groups attached to an aromatic ring is 1. The van der Waals surface area contributed by atoms with Crippen molar-refractivity contribution in [1.29, 1.82) is 0 Å². The molecule has 0 aliphatic carbocycles. The van der Waals surface area contributed by atoms with Gasteiger partial charge < -0.3 is 11.1 Å². The van der Waals surface area contributed by atoms with Gasteiger partial charge in [0.05, 0.1) is 0 Å². The number of nitrogens with one attached hydrogen (secondary N) is 1. The van der Waals surface area contributed by atoms with Crippen molar-refractivity contribution in [1.82, 2.24) is 5.32 Å². The highest BCUT2D eigenvalue weighted by Crippen LogP contribution is 2.23. The summed E-state index contributed by atoms with van der Waals surface area (Å²) in [5.74, 6) is 0. The van der Waals surface area contributed by atoms with Crippen LogP contribution in [0.2, 0.25) is 0 Å². The van der Waals surface area contributed by atoms with E-state index in [1.807, 2.05) is 12.1 Å². The summed E-state index contributed by atoms with van der Waals surface area (Å²) in [5.41, 5.74) is 9.72. The first kappa shape index (κ1) is 16.0. The van der Waals surface area contributed by atoms with Crippen molar-refractivity contribution in [3.63, 3.8) is 0 Å². The molecular weight excluding hydrogens is 232 g/mol. The molecule has 2 heteroatoms. The van der Waals surface area contributed by atoms with Crippen LogP contribution in [0.25, 0.3) is 0 Å². The summed E-state index contributed by atoms with van der Waals surface area (Å²) in [6.45, 7) is 11.0. The molecule has 0 radical (unpaired) electrons. The summed E-state index contributed by atoms with van der Waals surface area (Å²) in [7, 11) is 0. The molecule has 1 aromatic carbocycles. The molecule has 3 N–H and O–H groups in total. The Morgan fingerprint density at radius 3 is 2.63 bits per heavy atom. The maximum absolute atomic E-state index is 5.93. The Morgan fingerprint density at radius 1 is 1.21 bits per heavy atom. The minimum atomic E-state index is 0.378. The van der Waals surface area contributed by atoms with Crippen molar-refractivity contribution < 1.29 is 0 Å². The molecule has 0 bridgehead atoms. The summed E-state index contributed by atoms with van der Waals surface area (Å²) in [4.78, 5) is 0. The van der Waals surface area contributed by atoms with Gasteiger partial charge in [-0.3, -0.25) is 0 Å². The maximum Gasteiger partial charge on any atom is 0.0346 e. The lowest BCUT2D eigenvalue weighted by Gasteiger charge is -2.25. The van der Waals surface area contributed by atoms with E-state index in [9.17, 15) is 0 Å². The van der Waals surface area contributed by atoms with E-state index in [2.05, 4.69) is 39.1 Å². The zero-order valence-corrected chi connectivity index (χ0v) is 13.1. The van der Waals surface area contributed by atoms with Crippen molar-refractivity contribution in [2.24, 2.45) is 5.41 Å². The predicted octanol–water partition coefficient (Wildman–Crippen LogP) is 4.27. The van der Waals surface area contributed by atoms with Crippen LogP contribution in [0.15, 0.2) is 18.2 Å². The topological polar surface area (TPSA) is 38.0 Å². The van der Waals surface area contributed by atoms with Gasteiger partial charge in [0.1, 0.15) is 0 Å². The lowest BCUT2D eigenvalue weighted by Crippen LogP contribution is -2.29. The van der Waals surface area contributed by atoms with Crippen LogP contribution in [0, 0.1) is 12.3 Å². The van der Waals surface area contributed by atoms with Gasteiger partial charge in [-0.1, -0.05) is 52.2 Å². The molecule has 19 heavy (non-hydrogen) atoms. The van der Waals surface area contributed by atoms with E-state index in [-0.39, 0.29) is 0 Å². The van der Waals surface area contributed by atoms with Gasteiger partial charge in [-0.2, -0.15) is 0 Å². The fourth-order valence-electron chi connectivity index (χ4n) is 2.37. The Bertz CT molecular complexity index is 383. The number of nitrogens with two attached hydrogens (primary N) is 1. The average Bonchev–Trinajstić information content (AvgIpc) is 2.34. The lowest BCUT2D eigenvalue weighted by atomic mass is 9.87. The molecule has 2 nitrogen and oxygen atoms in total. The van der Waals surface area contributed by atoms with E-state index < -0.39 is 0 Å². The van der Waals surface area contributed by atoms with Crippen LogP contribution in [0.3, 0.4) is 0 Å². The first-order chi connectivity index (χ1) is 8.96. The number of hydrogen-bond acceptors (Lipinski definition) is 2. The minimum Gasteiger partial charge on any atom is -0.399 e. The Hall–Kier alpha value is -1.02. The third kappa shape index (κ3) is 5.65. The second kappa shape index (κ2) is 7.54. The molecule has 0 saturated heterocycles. The molecule has 1 rings (SSSR count). The Morgan fingerprint density at radius 2 is 1.95 bits per heavy atom.